The first-order valence-corrected chi connectivity index (χ1v) is 7.80. The van der Waals surface area contributed by atoms with Crippen LogP contribution in [0.1, 0.15) is 33.6 Å². The number of thioether (sulfide) groups is 1. The van der Waals surface area contributed by atoms with Gasteiger partial charge in [0.1, 0.15) is 6.04 Å². The van der Waals surface area contributed by atoms with Crippen LogP contribution >= 0.6 is 11.8 Å². The van der Waals surface area contributed by atoms with Crippen LogP contribution in [-0.4, -0.2) is 56.8 Å². The molecule has 1 aliphatic rings. The minimum Gasteiger partial charge on any atom is -0.480 e. The molecule has 0 saturated carbocycles. The van der Waals surface area contributed by atoms with E-state index in [4.69, 9.17) is 5.11 Å². The highest BCUT2D eigenvalue weighted by Crippen LogP contribution is 2.27. The van der Waals surface area contributed by atoms with Crippen molar-refractivity contribution in [2.24, 2.45) is 0 Å². The van der Waals surface area contributed by atoms with Gasteiger partial charge in [0.15, 0.2) is 0 Å². The first kappa shape index (κ1) is 17.5. The molecule has 1 saturated heterocycles. The highest BCUT2D eigenvalue weighted by molar-refractivity contribution is 8.00. The summed E-state index contributed by atoms with van der Waals surface area (Å²) in [6, 6.07) is -1.21. The lowest BCUT2D eigenvalue weighted by molar-refractivity contribution is -0.141. The van der Waals surface area contributed by atoms with Crippen LogP contribution < -0.4 is 5.32 Å². The Morgan fingerprint density at radius 3 is 2.57 bits per heavy atom. The number of nitrogens with one attached hydrogen (secondary N) is 1. The largest absolute Gasteiger partial charge is 0.480 e. The van der Waals surface area contributed by atoms with Crippen LogP contribution in [-0.2, 0) is 19.2 Å². The van der Waals surface area contributed by atoms with E-state index >= 15 is 0 Å². The predicted octanol–water partition coefficient (Wildman–Crippen LogP) is 0.235. The van der Waals surface area contributed by atoms with E-state index in [2.05, 4.69) is 5.32 Å². The van der Waals surface area contributed by atoms with Crippen molar-refractivity contribution < 1.29 is 24.3 Å². The van der Waals surface area contributed by atoms with Gasteiger partial charge in [-0.3, -0.25) is 19.3 Å². The molecule has 1 fully saturated rings. The fourth-order valence-electron chi connectivity index (χ4n) is 2.03. The monoisotopic (exact) mass is 316 g/mol. The van der Waals surface area contributed by atoms with Crippen molar-refractivity contribution in [1.82, 2.24) is 10.2 Å². The maximum atomic E-state index is 12.2. The summed E-state index contributed by atoms with van der Waals surface area (Å²) in [5, 5.41) is 10.7. The smallest absolute Gasteiger partial charge is 0.327 e. The van der Waals surface area contributed by atoms with Crippen molar-refractivity contribution in [3.05, 3.63) is 0 Å². The third-order valence-electron chi connectivity index (χ3n) is 3.31. The van der Waals surface area contributed by atoms with Crippen molar-refractivity contribution in [3.8, 4) is 0 Å². The van der Waals surface area contributed by atoms with Crippen molar-refractivity contribution in [2.75, 3.05) is 5.75 Å². The third-order valence-corrected chi connectivity index (χ3v) is 4.61. The summed E-state index contributed by atoms with van der Waals surface area (Å²) < 4.78 is 0. The number of likely N-dealkylation sites (tertiary alicyclic amines) is 1. The lowest BCUT2D eigenvalue weighted by Crippen LogP contribution is -2.42. The molecule has 118 valence electrons. The number of carboxylic acid groups (broad SMARTS) is 1. The van der Waals surface area contributed by atoms with E-state index in [1.54, 1.807) is 6.92 Å². The first-order valence-electron chi connectivity index (χ1n) is 6.75. The number of rotatable bonds is 7. The standard InChI is InChI=1S/C13H20N2O5S/c1-4-7(2)15-11(17)5-10(12(15)18)21-6-9(13(19)20)14-8(3)16/h7,9-10H,4-6H2,1-3H3,(H,14,16)(H,19,20)/t7?,9-,10?/m0/s1. The van der Waals surface area contributed by atoms with Gasteiger partial charge in [0, 0.05) is 25.1 Å². The molecule has 2 N–H and O–H groups in total. The van der Waals surface area contributed by atoms with Gasteiger partial charge in [-0.25, -0.2) is 4.79 Å². The third kappa shape index (κ3) is 4.45. The number of amides is 3. The molecule has 1 aliphatic heterocycles. The number of hydrogen-bond acceptors (Lipinski definition) is 5. The van der Waals surface area contributed by atoms with Gasteiger partial charge in [-0.2, -0.15) is 0 Å². The maximum Gasteiger partial charge on any atom is 0.327 e. The molecule has 0 aromatic heterocycles. The summed E-state index contributed by atoms with van der Waals surface area (Å²) in [6.07, 6.45) is 0.763. The Labute approximate surface area is 127 Å². The number of carboxylic acids is 1. The second-order valence-electron chi connectivity index (χ2n) is 4.98. The second kappa shape index (κ2) is 7.44. The van der Waals surface area contributed by atoms with E-state index in [0.717, 1.165) is 11.8 Å². The molecule has 0 spiro atoms. The van der Waals surface area contributed by atoms with Gasteiger partial charge in [0.05, 0.1) is 5.25 Å². The van der Waals surface area contributed by atoms with E-state index < -0.39 is 23.2 Å². The van der Waals surface area contributed by atoms with Gasteiger partial charge in [0.2, 0.25) is 17.7 Å². The van der Waals surface area contributed by atoms with Crippen LogP contribution in [0.5, 0.6) is 0 Å². The van der Waals surface area contributed by atoms with Crippen LogP contribution in [0.25, 0.3) is 0 Å². The number of imide groups is 1. The number of hydrogen-bond donors (Lipinski definition) is 2. The van der Waals surface area contributed by atoms with Gasteiger partial charge >= 0.3 is 5.97 Å². The number of carbonyl (C=O) groups is 4. The molecule has 3 atom stereocenters. The van der Waals surface area contributed by atoms with E-state index in [-0.39, 0.29) is 30.0 Å². The summed E-state index contributed by atoms with van der Waals surface area (Å²) in [6.45, 7) is 4.93. The van der Waals surface area contributed by atoms with Gasteiger partial charge in [-0.1, -0.05) is 6.92 Å². The summed E-state index contributed by atoms with van der Waals surface area (Å²) in [7, 11) is 0. The number of nitrogens with zero attached hydrogens (tertiary/aromatic N) is 1. The Morgan fingerprint density at radius 1 is 1.48 bits per heavy atom. The van der Waals surface area contributed by atoms with Crippen molar-refractivity contribution in [3.63, 3.8) is 0 Å². The zero-order chi connectivity index (χ0) is 16.2. The van der Waals surface area contributed by atoms with Crippen molar-refractivity contribution >= 4 is 35.5 Å². The topological polar surface area (TPSA) is 104 Å². The average molecular weight is 316 g/mol. The molecule has 3 amide bonds. The minimum absolute atomic E-state index is 0.0486. The molecule has 0 bridgehead atoms. The molecule has 2 unspecified atom stereocenters. The highest BCUT2D eigenvalue weighted by atomic mass is 32.2. The van der Waals surface area contributed by atoms with Crippen LogP contribution in [0.15, 0.2) is 0 Å². The number of carbonyl (C=O) groups excluding carboxylic acids is 3. The summed E-state index contributed by atoms with van der Waals surface area (Å²) in [5.41, 5.74) is 0. The Kier molecular flexibility index (Phi) is 6.19. The zero-order valence-corrected chi connectivity index (χ0v) is 13.1. The Bertz CT molecular complexity index is 454. The Morgan fingerprint density at radius 2 is 2.10 bits per heavy atom. The summed E-state index contributed by atoms with van der Waals surface area (Å²) >= 11 is 1.10. The maximum absolute atomic E-state index is 12.2. The van der Waals surface area contributed by atoms with E-state index in [1.807, 2.05) is 6.92 Å². The fraction of sp³-hybridized carbons (Fsp3) is 0.692. The molecular formula is C13H20N2O5S. The molecule has 8 heteroatoms. The van der Waals surface area contributed by atoms with Crippen molar-refractivity contribution in [1.29, 1.82) is 0 Å². The summed E-state index contributed by atoms with van der Waals surface area (Å²) in [4.78, 5) is 47.2. The lowest BCUT2D eigenvalue weighted by Gasteiger charge is -2.21. The van der Waals surface area contributed by atoms with Crippen LogP contribution in [0.3, 0.4) is 0 Å². The van der Waals surface area contributed by atoms with Crippen molar-refractivity contribution in [2.45, 2.75) is 50.9 Å². The quantitative estimate of drug-likeness (QED) is 0.652. The second-order valence-corrected chi connectivity index (χ2v) is 6.21. The van der Waals surface area contributed by atoms with Gasteiger partial charge in [0.25, 0.3) is 0 Å². The van der Waals surface area contributed by atoms with E-state index in [0.29, 0.717) is 6.42 Å². The van der Waals surface area contributed by atoms with Gasteiger partial charge in [-0.05, 0) is 13.3 Å². The van der Waals surface area contributed by atoms with Gasteiger partial charge in [-0.15, -0.1) is 11.8 Å². The molecule has 0 aromatic carbocycles. The lowest BCUT2D eigenvalue weighted by atomic mass is 10.2. The molecule has 21 heavy (non-hydrogen) atoms. The SMILES string of the molecule is CCC(C)N1C(=O)CC(SC[C@H](NC(C)=O)C(=O)O)C1=O. The Hall–Kier alpha value is -1.57. The molecule has 0 aliphatic carbocycles. The number of aliphatic carboxylic acids is 1. The van der Waals surface area contributed by atoms with Crippen LogP contribution in [0, 0.1) is 0 Å². The normalized spacial score (nSPS) is 21.3. The van der Waals surface area contributed by atoms with Crippen LogP contribution in [0.2, 0.25) is 0 Å². The van der Waals surface area contributed by atoms with Crippen LogP contribution in [0.4, 0.5) is 0 Å². The zero-order valence-electron chi connectivity index (χ0n) is 12.3. The van der Waals surface area contributed by atoms with E-state index in [1.165, 1.54) is 11.8 Å². The minimum atomic E-state index is -1.16. The van der Waals surface area contributed by atoms with E-state index in [9.17, 15) is 19.2 Å². The predicted molar refractivity (Wildman–Crippen MR) is 77.7 cm³/mol. The van der Waals surface area contributed by atoms with Gasteiger partial charge < -0.3 is 10.4 Å². The Balaban J connectivity index is 2.63. The first-order chi connectivity index (χ1) is 9.77. The molecular weight excluding hydrogens is 296 g/mol. The molecule has 1 rings (SSSR count). The molecule has 7 nitrogen and oxygen atoms in total. The molecule has 0 aromatic rings. The fourth-order valence-corrected chi connectivity index (χ4v) is 3.20. The molecule has 0 radical (unpaired) electrons. The highest BCUT2D eigenvalue weighted by Gasteiger charge is 2.41. The summed E-state index contributed by atoms with van der Waals surface area (Å²) in [5.74, 6) is -2.05. The molecule has 1 heterocycles. The average Bonchev–Trinajstić information content (AvgIpc) is 2.68.